The number of piperidine rings is 1. The number of hydrogen-bond acceptors (Lipinski definition) is 6. The van der Waals surface area contributed by atoms with E-state index in [4.69, 9.17) is 14.0 Å². The molecule has 2 atom stereocenters. The topological polar surface area (TPSA) is 69.4 Å². The predicted molar refractivity (Wildman–Crippen MR) is 70.1 cm³/mol. The summed E-state index contributed by atoms with van der Waals surface area (Å²) in [7, 11) is 1.66. The highest BCUT2D eigenvalue weighted by atomic mass is 16.5. The third kappa shape index (κ3) is 4.56. The maximum absolute atomic E-state index is 5.39. The van der Waals surface area contributed by atoms with Crippen LogP contribution in [-0.2, 0) is 15.9 Å². The Morgan fingerprint density at radius 2 is 2.26 bits per heavy atom. The molecule has 2 rings (SSSR count). The zero-order chi connectivity index (χ0) is 13.5. The molecule has 1 aromatic rings. The molecule has 1 fully saturated rings. The van der Waals surface area contributed by atoms with Gasteiger partial charge in [0.25, 0.3) is 0 Å². The molecule has 0 radical (unpaired) electrons. The summed E-state index contributed by atoms with van der Waals surface area (Å²) >= 11 is 0. The second kappa shape index (κ2) is 7.57. The highest BCUT2D eigenvalue weighted by Gasteiger charge is 2.24. The van der Waals surface area contributed by atoms with Crippen molar-refractivity contribution in [3.8, 4) is 0 Å². The third-order valence-corrected chi connectivity index (χ3v) is 3.36. The molecule has 19 heavy (non-hydrogen) atoms. The van der Waals surface area contributed by atoms with Crippen molar-refractivity contribution < 1.29 is 14.0 Å². The number of nitrogens with one attached hydrogen (secondary N) is 1. The van der Waals surface area contributed by atoms with Crippen LogP contribution in [-0.4, -0.2) is 49.7 Å². The molecule has 0 saturated carbocycles. The summed E-state index contributed by atoms with van der Waals surface area (Å²) < 4.78 is 15.7. The molecule has 0 aromatic carbocycles. The zero-order valence-corrected chi connectivity index (χ0v) is 11.7. The molecule has 0 bridgehead atoms. The van der Waals surface area contributed by atoms with Gasteiger partial charge in [0.2, 0.25) is 5.89 Å². The molecule has 2 unspecified atom stereocenters. The lowest BCUT2D eigenvalue weighted by Crippen LogP contribution is -2.34. The van der Waals surface area contributed by atoms with E-state index in [9.17, 15) is 0 Å². The number of rotatable bonds is 7. The number of nitrogens with zero attached hydrogens (tertiary/aromatic N) is 2. The summed E-state index contributed by atoms with van der Waals surface area (Å²) in [6, 6.07) is 0.520. The van der Waals surface area contributed by atoms with Crippen molar-refractivity contribution in [3.05, 3.63) is 11.7 Å². The molecule has 1 aliphatic heterocycles. The number of hydrogen-bond donors (Lipinski definition) is 1. The van der Waals surface area contributed by atoms with Crippen molar-refractivity contribution in [2.24, 2.45) is 0 Å². The Hall–Kier alpha value is -0.980. The summed E-state index contributed by atoms with van der Waals surface area (Å²) in [5, 5.41) is 7.44. The van der Waals surface area contributed by atoms with Crippen LogP contribution < -0.4 is 5.32 Å². The molecule has 0 amide bonds. The molecule has 2 heterocycles. The Morgan fingerprint density at radius 1 is 1.37 bits per heavy atom. The Bertz CT molecular complexity index is 370. The summed E-state index contributed by atoms with van der Waals surface area (Å²) in [6.07, 6.45) is 2.82. The molecule has 1 saturated heterocycles. The molecule has 6 nitrogen and oxygen atoms in total. The normalized spacial score (nSPS) is 23.7. The van der Waals surface area contributed by atoms with Crippen molar-refractivity contribution in [1.82, 2.24) is 15.5 Å². The van der Waals surface area contributed by atoms with Gasteiger partial charge in [-0.2, -0.15) is 4.98 Å². The average Bonchev–Trinajstić information content (AvgIpc) is 2.87. The van der Waals surface area contributed by atoms with Gasteiger partial charge in [-0.25, -0.2) is 0 Å². The maximum Gasteiger partial charge on any atom is 0.229 e. The Balaban J connectivity index is 1.75. The van der Waals surface area contributed by atoms with Gasteiger partial charge in [-0.05, 0) is 26.3 Å². The molecule has 6 heteroatoms. The van der Waals surface area contributed by atoms with Crippen LogP contribution in [0.15, 0.2) is 4.52 Å². The lowest BCUT2D eigenvalue weighted by molar-refractivity contribution is 0.0714. The van der Waals surface area contributed by atoms with Crippen LogP contribution in [0.5, 0.6) is 0 Å². The molecule has 1 aromatic heterocycles. The van der Waals surface area contributed by atoms with E-state index in [0.29, 0.717) is 38.2 Å². The van der Waals surface area contributed by atoms with Crippen LogP contribution in [0.25, 0.3) is 0 Å². The van der Waals surface area contributed by atoms with Gasteiger partial charge in [0, 0.05) is 25.5 Å². The largest absolute Gasteiger partial charge is 0.382 e. The van der Waals surface area contributed by atoms with Gasteiger partial charge in [0.15, 0.2) is 5.82 Å². The van der Waals surface area contributed by atoms with Gasteiger partial charge in [0.1, 0.15) is 0 Å². The molecule has 1 N–H and O–H groups in total. The molecule has 108 valence electrons. The highest BCUT2D eigenvalue weighted by molar-refractivity contribution is 4.97. The van der Waals surface area contributed by atoms with Crippen molar-refractivity contribution in [2.75, 3.05) is 33.5 Å². The average molecular weight is 269 g/mol. The van der Waals surface area contributed by atoms with Crippen LogP contribution in [0.1, 0.15) is 37.4 Å². The minimum atomic E-state index is 0.395. The first-order chi connectivity index (χ1) is 9.29. The second-order valence-corrected chi connectivity index (χ2v) is 4.98. The predicted octanol–water partition coefficient (Wildman–Crippen LogP) is 1.13. The Labute approximate surface area is 113 Å². The first-order valence-electron chi connectivity index (χ1n) is 6.92. The summed E-state index contributed by atoms with van der Waals surface area (Å²) in [6.45, 7) is 5.03. The van der Waals surface area contributed by atoms with Gasteiger partial charge in [-0.1, -0.05) is 5.16 Å². The lowest BCUT2D eigenvalue weighted by atomic mass is 9.93. The van der Waals surface area contributed by atoms with Crippen molar-refractivity contribution >= 4 is 0 Å². The van der Waals surface area contributed by atoms with E-state index >= 15 is 0 Å². The van der Waals surface area contributed by atoms with Gasteiger partial charge in [-0.3, -0.25) is 0 Å². The van der Waals surface area contributed by atoms with Gasteiger partial charge in [0.05, 0.1) is 19.8 Å². The molecule has 0 spiro atoms. The van der Waals surface area contributed by atoms with Gasteiger partial charge >= 0.3 is 0 Å². The SMILES string of the molecule is COCCOCCc1noc(C2CCNC(C)C2)n1. The van der Waals surface area contributed by atoms with E-state index in [0.717, 1.165) is 31.1 Å². The standard InChI is InChI=1S/C13H23N3O3/c1-10-9-11(3-5-14-10)13-15-12(16-19-13)4-6-18-8-7-17-2/h10-11,14H,3-9H2,1-2H3. The monoisotopic (exact) mass is 269 g/mol. The lowest BCUT2D eigenvalue weighted by Gasteiger charge is -2.25. The molecule has 0 aliphatic carbocycles. The first-order valence-corrected chi connectivity index (χ1v) is 6.92. The Morgan fingerprint density at radius 3 is 3.05 bits per heavy atom. The smallest absolute Gasteiger partial charge is 0.229 e. The van der Waals surface area contributed by atoms with Crippen LogP contribution in [0, 0.1) is 0 Å². The van der Waals surface area contributed by atoms with Crippen molar-refractivity contribution in [1.29, 1.82) is 0 Å². The van der Waals surface area contributed by atoms with Crippen LogP contribution in [0.3, 0.4) is 0 Å². The third-order valence-electron chi connectivity index (χ3n) is 3.36. The van der Waals surface area contributed by atoms with Gasteiger partial charge in [-0.15, -0.1) is 0 Å². The van der Waals surface area contributed by atoms with Crippen LogP contribution in [0.4, 0.5) is 0 Å². The van der Waals surface area contributed by atoms with E-state index in [2.05, 4.69) is 22.4 Å². The minimum absolute atomic E-state index is 0.395. The van der Waals surface area contributed by atoms with Crippen LogP contribution >= 0.6 is 0 Å². The molecular formula is C13H23N3O3. The summed E-state index contributed by atoms with van der Waals surface area (Å²) in [4.78, 5) is 4.47. The minimum Gasteiger partial charge on any atom is -0.382 e. The van der Waals surface area contributed by atoms with E-state index in [-0.39, 0.29) is 0 Å². The zero-order valence-electron chi connectivity index (χ0n) is 11.7. The van der Waals surface area contributed by atoms with Crippen molar-refractivity contribution in [2.45, 2.75) is 38.1 Å². The van der Waals surface area contributed by atoms with Gasteiger partial charge < -0.3 is 19.3 Å². The summed E-state index contributed by atoms with van der Waals surface area (Å²) in [5.74, 6) is 1.91. The molecular weight excluding hydrogens is 246 g/mol. The number of ether oxygens (including phenoxy) is 2. The van der Waals surface area contributed by atoms with Crippen molar-refractivity contribution in [3.63, 3.8) is 0 Å². The fourth-order valence-electron chi connectivity index (χ4n) is 2.30. The van der Waals surface area contributed by atoms with E-state index in [1.807, 2.05) is 0 Å². The van der Waals surface area contributed by atoms with E-state index in [1.165, 1.54) is 0 Å². The fourth-order valence-corrected chi connectivity index (χ4v) is 2.30. The maximum atomic E-state index is 5.39. The second-order valence-electron chi connectivity index (χ2n) is 4.98. The van der Waals surface area contributed by atoms with E-state index in [1.54, 1.807) is 7.11 Å². The first kappa shape index (κ1) is 14.4. The molecule has 1 aliphatic rings. The van der Waals surface area contributed by atoms with Crippen LogP contribution in [0.2, 0.25) is 0 Å². The number of methoxy groups -OCH3 is 1. The number of aromatic nitrogens is 2. The fraction of sp³-hybridized carbons (Fsp3) is 0.846. The highest BCUT2D eigenvalue weighted by Crippen LogP contribution is 2.26. The quantitative estimate of drug-likeness (QED) is 0.748. The summed E-state index contributed by atoms with van der Waals surface area (Å²) in [5.41, 5.74) is 0. The Kier molecular flexibility index (Phi) is 5.75. The van der Waals surface area contributed by atoms with E-state index < -0.39 is 0 Å².